The molecule has 0 aliphatic carbocycles. The minimum absolute atomic E-state index is 0.109. The summed E-state index contributed by atoms with van der Waals surface area (Å²) >= 11 is 0. The summed E-state index contributed by atoms with van der Waals surface area (Å²) in [6, 6.07) is -0.684. The third-order valence-corrected chi connectivity index (χ3v) is 5.42. The Bertz CT molecular complexity index is 857. The van der Waals surface area contributed by atoms with E-state index in [0.29, 0.717) is 0 Å². The summed E-state index contributed by atoms with van der Waals surface area (Å²) in [4.78, 5) is 20.4. The van der Waals surface area contributed by atoms with Crippen LogP contribution in [0.25, 0.3) is 0 Å². The average Bonchev–Trinajstić information content (AvgIpc) is 2.66. The van der Waals surface area contributed by atoms with Crippen LogP contribution >= 0.6 is 0 Å². The first-order valence-electron chi connectivity index (χ1n) is 9.83. The lowest BCUT2D eigenvalue weighted by molar-refractivity contribution is -0.153. The summed E-state index contributed by atoms with van der Waals surface area (Å²) in [6.45, 7) is -0.813. The fourth-order valence-corrected chi connectivity index (χ4v) is 3.82. The van der Waals surface area contributed by atoms with Crippen molar-refractivity contribution < 1.29 is 39.9 Å². The SMILES string of the molecule is N[C@H](CCN1CCc2c(nc(C(F)(F)F)nc2C(F)(F)F)C1)CN1CC(F)(F)CCC1=O. The normalized spacial score (nSPS) is 20.9. The highest BCUT2D eigenvalue weighted by Gasteiger charge is 2.43. The molecule has 1 aromatic heterocycles. The number of likely N-dealkylation sites (tertiary alicyclic amines) is 1. The highest BCUT2D eigenvalue weighted by molar-refractivity contribution is 5.77. The van der Waals surface area contributed by atoms with Gasteiger partial charge in [0.2, 0.25) is 11.7 Å². The number of rotatable bonds is 5. The average molecular weight is 475 g/mol. The fraction of sp³-hybridized carbons (Fsp3) is 0.722. The van der Waals surface area contributed by atoms with E-state index < -0.39 is 54.7 Å². The molecule has 1 atom stereocenters. The van der Waals surface area contributed by atoms with E-state index in [1.54, 1.807) is 4.90 Å². The van der Waals surface area contributed by atoms with Crippen molar-refractivity contribution in [3.05, 3.63) is 22.8 Å². The molecule has 0 spiro atoms. The summed E-state index contributed by atoms with van der Waals surface area (Å²) < 4.78 is 106. The maximum Gasteiger partial charge on any atom is 0.451 e. The predicted molar refractivity (Wildman–Crippen MR) is 94.4 cm³/mol. The van der Waals surface area contributed by atoms with Crippen LogP contribution in [0.15, 0.2) is 0 Å². The van der Waals surface area contributed by atoms with Crippen LogP contribution in [0.2, 0.25) is 0 Å². The highest BCUT2D eigenvalue weighted by atomic mass is 19.4. The van der Waals surface area contributed by atoms with E-state index >= 15 is 0 Å². The smallest absolute Gasteiger partial charge is 0.335 e. The van der Waals surface area contributed by atoms with Crippen LogP contribution in [0.1, 0.15) is 42.0 Å². The number of piperidine rings is 1. The van der Waals surface area contributed by atoms with E-state index in [-0.39, 0.29) is 56.7 Å². The lowest BCUT2D eigenvalue weighted by Gasteiger charge is -2.34. The number of nitrogens with zero attached hydrogens (tertiary/aromatic N) is 4. The van der Waals surface area contributed by atoms with Gasteiger partial charge in [0.1, 0.15) is 0 Å². The summed E-state index contributed by atoms with van der Waals surface area (Å²) in [6.07, 6.45) is -11.0. The topological polar surface area (TPSA) is 75.3 Å². The van der Waals surface area contributed by atoms with Crippen LogP contribution in [0.4, 0.5) is 35.1 Å². The van der Waals surface area contributed by atoms with Crippen LogP contribution in [0, 0.1) is 0 Å². The second-order valence-corrected chi connectivity index (χ2v) is 8.02. The second kappa shape index (κ2) is 8.69. The van der Waals surface area contributed by atoms with Crippen molar-refractivity contribution in [3.8, 4) is 0 Å². The molecule has 3 heterocycles. The lowest BCUT2D eigenvalue weighted by atomic mass is 10.0. The zero-order valence-corrected chi connectivity index (χ0v) is 16.7. The summed E-state index contributed by atoms with van der Waals surface area (Å²) in [5.74, 6) is -5.28. The van der Waals surface area contributed by atoms with Gasteiger partial charge in [0.05, 0.1) is 12.2 Å². The summed E-state index contributed by atoms with van der Waals surface area (Å²) in [5, 5.41) is 0. The highest BCUT2D eigenvalue weighted by Crippen LogP contribution is 2.36. The zero-order chi connectivity index (χ0) is 23.9. The Kier molecular flexibility index (Phi) is 6.67. The van der Waals surface area contributed by atoms with Crippen molar-refractivity contribution in [2.24, 2.45) is 5.73 Å². The number of fused-ring (bicyclic) bond motifs is 1. The Morgan fingerprint density at radius 2 is 1.75 bits per heavy atom. The number of nitrogens with two attached hydrogens (primary N) is 1. The molecule has 3 rings (SSSR count). The number of alkyl halides is 8. The zero-order valence-electron chi connectivity index (χ0n) is 16.7. The Hall–Kier alpha value is -2.09. The minimum Gasteiger partial charge on any atom is -0.335 e. The van der Waals surface area contributed by atoms with Crippen LogP contribution in [0.5, 0.6) is 0 Å². The first-order chi connectivity index (χ1) is 14.7. The standard InChI is InChI=1S/C18H21F8N5O/c19-16(20)4-1-13(32)31(9-16)7-10(27)2-5-30-6-3-11-12(8-30)28-15(18(24,25)26)29-14(11)17(21,22)23/h10H,1-9,27H2/t10-/m1/s1. The molecular weight excluding hydrogens is 454 g/mol. The monoisotopic (exact) mass is 475 g/mol. The van der Waals surface area contributed by atoms with Crippen LogP contribution in [0.3, 0.4) is 0 Å². The number of carbonyl (C=O) groups is 1. The number of hydrogen-bond acceptors (Lipinski definition) is 5. The molecule has 2 aliphatic heterocycles. The molecule has 32 heavy (non-hydrogen) atoms. The Balaban J connectivity index is 1.65. The first kappa shape index (κ1) is 24.6. The first-order valence-corrected chi connectivity index (χ1v) is 9.83. The molecule has 2 N–H and O–H groups in total. The molecule has 1 saturated heterocycles. The van der Waals surface area contributed by atoms with E-state index in [9.17, 15) is 39.9 Å². The Morgan fingerprint density at radius 1 is 1.06 bits per heavy atom. The van der Waals surface area contributed by atoms with Gasteiger partial charge >= 0.3 is 12.4 Å². The van der Waals surface area contributed by atoms with E-state index in [4.69, 9.17) is 5.73 Å². The summed E-state index contributed by atoms with van der Waals surface area (Å²) in [5.41, 5.74) is 3.63. The van der Waals surface area contributed by atoms with Crippen molar-refractivity contribution >= 4 is 5.91 Å². The van der Waals surface area contributed by atoms with E-state index in [1.807, 2.05) is 0 Å². The Labute approximate surface area is 177 Å². The quantitative estimate of drug-likeness (QED) is 0.664. The van der Waals surface area contributed by atoms with E-state index in [0.717, 1.165) is 4.90 Å². The Morgan fingerprint density at radius 3 is 2.38 bits per heavy atom. The molecule has 14 heteroatoms. The lowest BCUT2D eigenvalue weighted by Crippen LogP contribution is -2.50. The molecular formula is C18H21F8N5O. The maximum atomic E-state index is 13.5. The van der Waals surface area contributed by atoms with Crippen LogP contribution in [-0.4, -0.2) is 63.8 Å². The third-order valence-electron chi connectivity index (χ3n) is 5.42. The second-order valence-electron chi connectivity index (χ2n) is 8.02. The van der Waals surface area contributed by atoms with Crippen molar-refractivity contribution in [1.29, 1.82) is 0 Å². The largest absolute Gasteiger partial charge is 0.451 e. The van der Waals surface area contributed by atoms with Gasteiger partial charge in [-0.2, -0.15) is 26.3 Å². The maximum absolute atomic E-state index is 13.5. The molecule has 0 bridgehead atoms. The minimum atomic E-state index is -5.14. The number of hydrogen-bond donors (Lipinski definition) is 1. The fourth-order valence-electron chi connectivity index (χ4n) is 3.82. The summed E-state index contributed by atoms with van der Waals surface area (Å²) in [7, 11) is 0. The van der Waals surface area contributed by atoms with Gasteiger partial charge in [-0.05, 0) is 12.8 Å². The van der Waals surface area contributed by atoms with Crippen molar-refractivity contribution in [1.82, 2.24) is 19.8 Å². The molecule has 6 nitrogen and oxygen atoms in total. The van der Waals surface area contributed by atoms with Gasteiger partial charge in [-0.3, -0.25) is 9.69 Å². The molecule has 2 aliphatic rings. The number of amides is 1. The molecule has 0 radical (unpaired) electrons. The van der Waals surface area contributed by atoms with Crippen molar-refractivity contribution in [2.45, 2.75) is 56.5 Å². The van der Waals surface area contributed by atoms with E-state index in [1.165, 1.54) is 0 Å². The third kappa shape index (κ3) is 5.82. The molecule has 1 aromatic rings. The van der Waals surface area contributed by atoms with Crippen molar-refractivity contribution in [2.75, 3.05) is 26.2 Å². The van der Waals surface area contributed by atoms with Crippen LogP contribution in [-0.2, 0) is 30.1 Å². The van der Waals surface area contributed by atoms with Crippen molar-refractivity contribution in [3.63, 3.8) is 0 Å². The van der Waals surface area contributed by atoms with Gasteiger partial charge in [-0.1, -0.05) is 0 Å². The molecule has 1 amide bonds. The van der Waals surface area contributed by atoms with Gasteiger partial charge in [0, 0.05) is 50.6 Å². The molecule has 180 valence electrons. The van der Waals surface area contributed by atoms with Gasteiger partial charge in [0.15, 0.2) is 5.69 Å². The molecule has 1 fully saturated rings. The number of halogens is 8. The van der Waals surface area contributed by atoms with Gasteiger partial charge in [0.25, 0.3) is 5.92 Å². The van der Waals surface area contributed by atoms with Gasteiger partial charge in [-0.15, -0.1) is 0 Å². The van der Waals surface area contributed by atoms with Gasteiger partial charge < -0.3 is 10.6 Å². The molecule has 0 unspecified atom stereocenters. The van der Waals surface area contributed by atoms with Crippen LogP contribution < -0.4 is 5.73 Å². The van der Waals surface area contributed by atoms with E-state index in [2.05, 4.69) is 9.97 Å². The predicted octanol–water partition coefficient (Wildman–Crippen LogP) is 2.85. The molecule has 0 saturated carbocycles. The van der Waals surface area contributed by atoms with Gasteiger partial charge in [-0.25, -0.2) is 18.7 Å². The molecule has 0 aromatic carbocycles. The number of aromatic nitrogens is 2. The number of carbonyl (C=O) groups excluding carboxylic acids is 1.